The molecule has 4 aromatic rings. The molecule has 172 valence electrons. The van der Waals surface area contributed by atoms with Gasteiger partial charge in [0.2, 0.25) is 0 Å². The van der Waals surface area contributed by atoms with Crippen molar-refractivity contribution < 1.29 is 8.42 Å². The standard InChI is InChI=1S/C31H30O2S/c1-2-3-6-20-29-30-25(23-14-7-4-8-15-23)21-13-22-27(30)26-18-11-12-19-28(26)31(29)34(32,33)24-16-9-5-10-17-24/h4-5,7-19,21-22,29,31H,2-3,6,20H2,1H3/t29-,31-/m1/s1. The van der Waals surface area contributed by atoms with Crippen molar-refractivity contribution in [1.29, 1.82) is 0 Å². The minimum absolute atomic E-state index is 0.113. The van der Waals surface area contributed by atoms with Crippen LogP contribution >= 0.6 is 0 Å². The highest BCUT2D eigenvalue weighted by molar-refractivity contribution is 7.91. The van der Waals surface area contributed by atoms with E-state index in [9.17, 15) is 8.42 Å². The van der Waals surface area contributed by atoms with Crippen molar-refractivity contribution in [1.82, 2.24) is 0 Å². The zero-order valence-electron chi connectivity index (χ0n) is 19.5. The van der Waals surface area contributed by atoms with E-state index >= 15 is 0 Å². The van der Waals surface area contributed by atoms with Crippen molar-refractivity contribution in [2.24, 2.45) is 0 Å². The molecular weight excluding hydrogens is 436 g/mol. The molecule has 0 saturated heterocycles. The Labute approximate surface area is 203 Å². The molecule has 3 heteroatoms. The summed E-state index contributed by atoms with van der Waals surface area (Å²) in [4.78, 5) is 0.399. The van der Waals surface area contributed by atoms with E-state index in [1.807, 2.05) is 42.5 Å². The fourth-order valence-corrected chi connectivity index (χ4v) is 7.55. The third kappa shape index (κ3) is 3.99. The van der Waals surface area contributed by atoms with Crippen molar-refractivity contribution >= 4 is 9.84 Å². The highest BCUT2D eigenvalue weighted by Crippen LogP contribution is 2.55. The van der Waals surface area contributed by atoms with Crippen LogP contribution in [0.2, 0.25) is 0 Å². The maximum Gasteiger partial charge on any atom is 0.185 e. The lowest BCUT2D eigenvalue weighted by molar-refractivity contribution is 0.516. The van der Waals surface area contributed by atoms with E-state index in [-0.39, 0.29) is 5.92 Å². The predicted octanol–water partition coefficient (Wildman–Crippen LogP) is 8.21. The van der Waals surface area contributed by atoms with E-state index in [1.54, 1.807) is 12.1 Å². The molecule has 0 spiro atoms. The van der Waals surface area contributed by atoms with Crippen LogP contribution in [0.1, 0.15) is 54.9 Å². The van der Waals surface area contributed by atoms with Crippen LogP contribution in [0.15, 0.2) is 108 Å². The number of hydrogen-bond acceptors (Lipinski definition) is 2. The number of unbranched alkanes of at least 4 members (excludes halogenated alkanes) is 2. The Morgan fingerprint density at radius 3 is 2.00 bits per heavy atom. The molecule has 4 aromatic carbocycles. The van der Waals surface area contributed by atoms with Gasteiger partial charge in [-0.1, -0.05) is 117 Å². The van der Waals surface area contributed by atoms with Gasteiger partial charge >= 0.3 is 0 Å². The van der Waals surface area contributed by atoms with Crippen molar-refractivity contribution in [3.05, 3.63) is 114 Å². The summed E-state index contributed by atoms with van der Waals surface area (Å²) in [7, 11) is -3.60. The Hall–Kier alpha value is -3.17. The molecule has 0 fully saturated rings. The van der Waals surface area contributed by atoms with Crippen LogP contribution in [0.25, 0.3) is 22.3 Å². The van der Waals surface area contributed by atoms with E-state index in [2.05, 4.69) is 55.5 Å². The first-order valence-electron chi connectivity index (χ1n) is 12.2. The Morgan fingerprint density at radius 1 is 0.647 bits per heavy atom. The first kappa shape index (κ1) is 22.6. The third-order valence-electron chi connectivity index (χ3n) is 7.01. The summed E-state index contributed by atoms with van der Waals surface area (Å²) in [6.45, 7) is 2.19. The monoisotopic (exact) mass is 466 g/mol. The van der Waals surface area contributed by atoms with E-state index in [0.29, 0.717) is 4.90 Å². The summed E-state index contributed by atoms with van der Waals surface area (Å²) in [6.07, 6.45) is 4.05. The summed E-state index contributed by atoms with van der Waals surface area (Å²) in [6, 6.07) is 33.9. The van der Waals surface area contributed by atoms with Crippen LogP contribution < -0.4 is 0 Å². The van der Waals surface area contributed by atoms with E-state index in [4.69, 9.17) is 0 Å². The Kier molecular flexibility index (Phi) is 6.38. The Balaban J connectivity index is 1.79. The van der Waals surface area contributed by atoms with Crippen LogP contribution in [0, 0.1) is 0 Å². The summed E-state index contributed by atoms with van der Waals surface area (Å²) < 4.78 is 28.5. The topological polar surface area (TPSA) is 34.1 Å². The maximum absolute atomic E-state index is 14.3. The number of benzene rings is 4. The van der Waals surface area contributed by atoms with E-state index < -0.39 is 15.1 Å². The minimum atomic E-state index is -3.60. The summed E-state index contributed by atoms with van der Waals surface area (Å²) in [5, 5.41) is -0.611. The van der Waals surface area contributed by atoms with Crippen LogP contribution in [0.3, 0.4) is 0 Å². The first-order valence-corrected chi connectivity index (χ1v) is 13.7. The fourth-order valence-electron chi connectivity index (χ4n) is 5.48. The smallest absolute Gasteiger partial charge is 0.185 e. The Morgan fingerprint density at radius 2 is 1.26 bits per heavy atom. The molecule has 34 heavy (non-hydrogen) atoms. The zero-order valence-corrected chi connectivity index (χ0v) is 20.3. The molecule has 0 heterocycles. The predicted molar refractivity (Wildman–Crippen MR) is 141 cm³/mol. The fraction of sp³-hybridized carbons (Fsp3) is 0.226. The molecule has 0 aromatic heterocycles. The quantitative estimate of drug-likeness (QED) is 0.257. The van der Waals surface area contributed by atoms with Crippen LogP contribution in [-0.4, -0.2) is 8.42 Å². The molecule has 0 saturated carbocycles. The molecule has 2 nitrogen and oxygen atoms in total. The first-order chi connectivity index (χ1) is 16.6. The average Bonchev–Trinajstić information content (AvgIpc) is 2.89. The summed E-state index contributed by atoms with van der Waals surface area (Å²) in [5.41, 5.74) is 6.57. The van der Waals surface area contributed by atoms with Crippen LogP contribution in [0.5, 0.6) is 0 Å². The van der Waals surface area contributed by atoms with Crippen LogP contribution in [0.4, 0.5) is 0 Å². The lowest BCUT2D eigenvalue weighted by Gasteiger charge is -2.37. The largest absolute Gasteiger partial charge is 0.223 e. The molecule has 0 bridgehead atoms. The van der Waals surface area contributed by atoms with Crippen LogP contribution in [-0.2, 0) is 9.84 Å². The highest BCUT2D eigenvalue weighted by Gasteiger charge is 2.43. The zero-order chi connectivity index (χ0) is 23.5. The molecule has 5 rings (SSSR count). The van der Waals surface area contributed by atoms with Gasteiger partial charge in [0.05, 0.1) is 10.1 Å². The van der Waals surface area contributed by atoms with Gasteiger partial charge < -0.3 is 0 Å². The molecule has 1 aliphatic carbocycles. The van der Waals surface area contributed by atoms with Gasteiger partial charge in [0, 0.05) is 5.92 Å². The second-order valence-electron chi connectivity index (χ2n) is 9.10. The van der Waals surface area contributed by atoms with Gasteiger partial charge in [-0.25, -0.2) is 8.42 Å². The normalized spacial score (nSPS) is 17.1. The Bertz CT molecular complexity index is 1360. The van der Waals surface area contributed by atoms with E-state index in [1.165, 1.54) is 5.56 Å². The second kappa shape index (κ2) is 9.60. The molecule has 2 atom stereocenters. The van der Waals surface area contributed by atoms with Crippen molar-refractivity contribution in [3.8, 4) is 22.3 Å². The molecule has 0 unspecified atom stereocenters. The van der Waals surface area contributed by atoms with Gasteiger partial charge in [-0.15, -0.1) is 0 Å². The van der Waals surface area contributed by atoms with E-state index in [0.717, 1.165) is 53.5 Å². The lowest BCUT2D eigenvalue weighted by atomic mass is 9.73. The summed E-state index contributed by atoms with van der Waals surface area (Å²) in [5.74, 6) is -0.113. The van der Waals surface area contributed by atoms with Gasteiger partial charge in [0.25, 0.3) is 0 Å². The SMILES string of the molecule is CCCCC[C@@H]1c2c(-c3ccccc3)cccc2-c2ccccc2[C@H]1S(=O)(=O)c1ccccc1. The average molecular weight is 467 g/mol. The van der Waals surface area contributed by atoms with Crippen molar-refractivity contribution in [3.63, 3.8) is 0 Å². The van der Waals surface area contributed by atoms with Crippen molar-refractivity contribution in [2.75, 3.05) is 0 Å². The molecule has 0 amide bonds. The van der Waals surface area contributed by atoms with Gasteiger partial charge in [0.1, 0.15) is 0 Å². The van der Waals surface area contributed by atoms with Gasteiger partial charge in [-0.3, -0.25) is 0 Å². The second-order valence-corrected chi connectivity index (χ2v) is 11.2. The molecule has 0 aliphatic heterocycles. The summed E-state index contributed by atoms with van der Waals surface area (Å²) >= 11 is 0. The van der Waals surface area contributed by atoms with Gasteiger partial charge in [-0.05, 0) is 51.9 Å². The number of hydrogen-bond donors (Lipinski definition) is 0. The minimum Gasteiger partial charge on any atom is -0.223 e. The molecule has 0 radical (unpaired) electrons. The lowest BCUT2D eigenvalue weighted by Crippen LogP contribution is -2.26. The molecule has 0 N–H and O–H groups in total. The molecular formula is C31H30O2S. The van der Waals surface area contributed by atoms with Gasteiger partial charge in [-0.2, -0.15) is 0 Å². The molecule has 1 aliphatic rings. The number of sulfone groups is 1. The third-order valence-corrected chi connectivity index (χ3v) is 9.19. The van der Waals surface area contributed by atoms with Crippen molar-refractivity contribution in [2.45, 2.75) is 48.7 Å². The van der Waals surface area contributed by atoms with Gasteiger partial charge in [0.15, 0.2) is 9.84 Å². The maximum atomic E-state index is 14.3. The number of rotatable bonds is 7. The number of fused-ring (bicyclic) bond motifs is 3. The highest BCUT2D eigenvalue weighted by atomic mass is 32.2.